The van der Waals surface area contributed by atoms with Gasteiger partial charge in [0.2, 0.25) is 0 Å². The van der Waals surface area contributed by atoms with Gasteiger partial charge in [0.05, 0.1) is 18.9 Å². The average molecular weight is 207 g/mol. The fourth-order valence-corrected chi connectivity index (χ4v) is 1.26. The first-order valence-corrected chi connectivity index (χ1v) is 5.60. The smallest absolute Gasteiger partial charge is 0.316 e. The molecule has 0 aromatic rings. The van der Waals surface area contributed by atoms with Crippen molar-refractivity contribution in [2.45, 2.75) is 34.1 Å². The number of nitrogens with zero attached hydrogens (tertiary/aromatic N) is 1. The molecule has 0 fully saturated rings. The molecule has 0 unspecified atom stereocenters. The zero-order valence-electron chi connectivity index (χ0n) is 8.74. The second kappa shape index (κ2) is 8.42. The summed E-state index contributed by atoms with van der Waals surface area (Å²) in [5.41, 5.74) is 0.937. The fourth-order valence-electron chi connectivity index (χ4n) is 0.463. The highest BCUT2D eigenvalue weighted by Crippen LogP contribution is 2.39. The molecule has 0 atom stereocenters. The molecule has 4 nitrogen and oxygen atoms in total. The van der Waals surface area contributed by atoms with Crippen LogP contribution in [0.2, 0.25) is 0 Å². The quantitative estimate of drug-likeness (QED) is 0.366. The first kappa shape index (κ1) is 12.8. The van der Waals surface area contributed by atoms with Crippen LogP contribution in [0.5, 0.6) is 0 Å². The molecule has 78 valence electrons. The summed E-state index contributed by atoms with van der Waals surface area (Å²) in [6.45, 7) is 8.87. The Labute approximate surface area is 81.2 Å². The summed E-state index contributed by atoms with van der Waals surface area (Å²) < 4.78 is 15.5. The van der Waals surface area contributed by atoms with Crippen LogP contribution in [0.1, 0.15) is 34.1 Å². The molecule has 0 aromatic heterocycles. The molecule has 0 spiro atoms. The number of hydrogen-bond acceptors (Lipinski definition) is 4. The molecule has 5 heteroatoms. The van der Waals surface area contributed by atoms with Gasteiger partial charge < -0.3 is 13.7 Å². The first-order chi connectivity index (χ1) is 6.24. The van der Waals surface area contributed by atoms with Crippen LogP contribution in [-0.2, 0) is 13.7 Å². The van der Waals surface area contributed by atoms with Gasteiger partial charge in [0.1, 0.15) is 0 Å². The molecular weight excluding hydrogens is 189 g/mol. The van der Waals surface area contributed by atoms with Gasteiger partial charge in [-0.25, -0.2) is 0 Å². The summed E-state index contributed by atoms with van der Waals surface area (Å²) in [7, 11) is -1.29. The lowest BCUT2D eigenvalue weighted by Gasteiger charge is -2.11. The van der Waals surface area contributed by atoms with Gasteiger partial charge in [0.25, 0.3) is 0 Å². The van der Waals surface area contributed by atoms with Gasteiger partial charge in [-0.1, -0.05) is 12.1 Å². The van der Waals surface area contributed by atoms with Crippen molar-refractivity contribution in [1.82, 2.24) is 0 Å². The van der Waals surface area contributed by atoms with E-state index in [0.717, 1.165) is 12.1 Å². The number of hydrogen-bond donors (Lipinski definition) is 0. The lowest BCUT2D eigenvalue weighted by molar-refractivity contribution is 0.175. The molecule has 0 bridgehead atoms. The van der Waals surface area contributed by atoms with Crippen LogP contribution >= 0.6 is 8.60 Å². The minimum absolute atomic E-state index is 0.576. The lowest BCUT2D eigenvalue weighted by Crippen LogP contribution is -1.94. The molecular formula is C8H18NO3P. The van der Waals surface area contributed by atoms with Crippen molar-refractivity contribution in [1.29, 1.82) is 0 Å². The number of oxime groups is 1. The molecule has 0 aliphatic heterocycles. The van der Waals surface area contributed by atoms with Crippen molar-refractivity contribution in [3.63, 3.8) is 0 Å². The van der Waals surface area contributed by atoms with Gasteiger partial charge >= 0.3 is 8.60 Å². The maximum absolute atomic E-state index is 5.19. The summed E-state index contributed by atoms with van der Waals surface area (Å²) in [4.78, 5) is 0. The zero-order valence-corrected chi connectivity index (χ0v) is 9.63. The second-order valence-corrected chi connectivity index (χ2v) is 3.45. The van der Waals surface area contributed by atoms with E-state index >= 15 is 0 Å². The zero-order chi connectivity index (χ0) is 10.1. The Morgan fingerprint density at radius 1 is 1.15 bits per heavy atom. The normalized spacial score (nSPS) is 12.2. The molecule has 0 saturated heterocycles. The van der Waals surface area contributed by atoms with E-state index in [4.69, 9.17) is 13.7 Å². The monoisotopic (exact) mass is 207 g/mol. The van der Waals surface area contributed by atoms with E-state index in [1.165, 1.54) is 0 Å². The molecule has 0 aliphatic rings. The van der Waals surface area contributed by atoms with Crippen LogP contribution < -0.4 is 0 Å². The van der Waals surface area contributed by atoms with Crippen LogP contribution in [0, 0.1) is 0 Å². The largest absolute Gasteiger partial charge is 0.419 e. The van der Waals surface area contributed by atoms with Crippen LogP contribution in [-0.4, -0.2) is 18.9 Å². The maximum Gasteiger partial charge on any atom is 0.419 e. The Kier molecular flexibility index (Phi) is 8.30. The molecule has 0 amide bonds. The Morgan fingerprint density at radius 3 is 2.08 bits per heavy atom. The summed E-state index contributed by atoms with van der Waals surface area (Å²) >= 11 is 0. The second-order valence-electron chi connectivity index (χ2n) is 2.32. The van der Waals surface area contributed by atoms with Crippen LogP contribution in [0.3, 0.4) is 0 Å². The average Bonchev–Trinajstić information content (AvgIpc) is 2.14. The third kappa shape index (κ3) is 6.94. The van der Waals surface area contributed by atoms with Crippen molar-refractivity contribution in [2.24, 2.45) is 5.16 Å². The molecule has 13 heavy (non-hydrogen) atoms. The molecule has 0 radical (unpaired) electrons. The van der Waals surface area contributed by atoms with Crippen molar-refractivity contribution in [3.8, 4) is 0 Å². The van der Waals surface area contributed by atoms with Gasteiger partial charge in [0.15, 0.2) is 0 Å². The standard InChI is InChI=1S/C8H18NO3P/c1-5-8(4)9-12-13(10-6-2)11-7-3/h5-7H2,1-4H3/b9-8+. The van der Waals surface area contributed by atoms with Crippen LogP contribution in [0.15, 0.2) is 5.16 Å². The van der Waals surface area contributed by atoms with Crippen molar-refractivity contribution in [3.05, 3.63) is 0 Å². The van der Waals surface area contributed by atoms with Gasteiger partial charge in [0, 0.05) is 0 Å². The highest BCUT2D eigenvalue weighted by atomic mass is 31.2. The Hall–Kier alpha value is -0.180. The first-order valence-electron chi connectivity index (χ1n) is 4.51. The van der Waals surface area contributed by atoms with E-state index in [2.05, 4.69) is 5.16 Å². The topological polar surface area (TPSA) is 40.0 Å². The minimum atomic E-state index is -1.29. The highest BCUT2D eigenvalue weighted by Gasteiger charge is 2.11. The molecule has 0 N–H and O–H groups in total. The Morgan fingerprint density at radius 2 is 1.69 bits per heavy atom. The highest BCUT2D eigenvalue weighted by molar-refractivity contribution is 7.41. The van der Waals surface area contributed by atoms with Crippen LogP contribution in [0.4, 0.5) is 0 Å². The summed E-state index contributed by atoms with van der Waals surface area (Å²) in [5.74, 6) is 0. The molecule has 0 heterocycles. The third-order valence-electron chi connectivity index (χ3n) is 1.24. The van der Waals surface area contributed by atoms with E-state index in [-0.39, 0.29) is 0 Å². The minimum Gasteiger partial charge on any atom is -0.316 e. The molecule has 0 aromatic carbocycles. The molecule has 0 aliphatic carbocycles. The maximum atomic E-state index is 5.19. The van der Waals surface area contributed by atoms with Crippen molar-refractivity contribution in [2.75, 3.05) is 13.2 Å². The van der Waals surface area contributed by atoms with E-state index < -0.39 is 8.60 Å². The van der Waals surface area contributed by atoms with Crippen LogP contribution in [0.25, 0.3) is 0 Å². The summed E-state index contributed by atoms with van der Waals surface area (Å²) in [6.07, 6.45) is 0.876. The summed E-state index contributed by atoms with van der Waals surface area (Å²) in [6, 6.07) is 0. The predicted molar refractivity (Wildman–Crippen MR) is 54.7 cm³/mol. The van der Waals surface area contributed by atoms with E-state index in [1.807, 2.05) is 27.7 Å². The lowest BCUT2D eigenvalue weighted by atomic mass is 10.3. The van der Waals surface area contributed by atoms with Gasteiger partial charge in [-0.3, -0.25) is 0 Å². The Balaban J connectivity index is 3.79. The van der Waals surface area contributed by atoms with E-state index in [9.17, 15) is 0 Å². The fraction of sp³-hybridized carbons (Fsp3) is 0.875. The van der Waals surface area contributed by atoms with Crippen molar-refractivity contribution < 1.29 is 13.7 Å². The van der Waals surface area contributed by atoms with E-state index in [0.29, 0.717) is 13.2 Å². The van der Waals surface area contributed by atoms with Gasteiger partial charge in [-0.15, -0.1) is 0 Å². The Bertz CT molecular complexity index is 146. The molecule has 0 saturated carbocycles. The predicted octanol–water partition coefficient (Wildman–Crippen LogP) is 3.09. The van der Waals surface area contributed by atoms with Gasteiger partial charge in [-0.2, -0.15) is 0 Å². The van der Waals surface area contributed by atoms with Crippen molar-refractivity contribution >= 4 is 14.3 Å². The third-order valence-corrected chi connectivity index (χ3v) is 2.40. The summed E-state index contributed by atoms with van der Waals surface area (Å²) in [5, 5.41) is 3.88. The SMILES string of the molecule is CCOP(OCC)O/N=C(\C)CC. The van der Waals surface area contributed by atoms with Gasteiger partial charge in [-0.05, 0) is 27.2 Å². The molecule has 0 rings (SSSR count). The van der Waals surface area contributed by atoms with E-state index in [1.54, 1.807) is 0 Å². The number of rotatable bonds is 7.